The Labute approximate surface area is 203 Å². The molecule has 0 atom stereocenters. The SMILES string of the molecule is CN=C(NCCC(=O)NCc1ccccc1)NCc1ccc(C)cc1OCC(F)(F)F.I. The fourth-order valence-electron chi connectivity index (χ4n) is 2.68. The Hall–Kier alpha value is -2.50. The van der Waals surface area contributed by atoms with Gasteiger partial charge < -0.3 is 20.7 Å². The van der Waals surface area contributed by atoms with Crippen molar-refractivity contribution in [2.75, 3.05) is 20.2 Å². The predicted molar refractivity (Wildman–Crippen MR) is 129 cm³/mol. The number of nitrogens with one attached hydrogen (secondary N) is 3. The second-order valence-corrected chi connectivity index (χ2v) is 6.88. The maximum Gasteiger partial charge on any atom is 0.422 e. The Morgan fingerprint density at radius 3 is 2.41 bits per heavy atom. The van der Waals surface area contributed by atoms with Crippen molar-refractivity contribution in [1.82, 2.24) is 16.0 Å². The summed E-state index contributed by atoms with van der Waals surface area (Å²) in [5.41, 5.74) is 2.38. The molecule has 32 heavy (non-hydrogen) atoms. The van der Waals surface area contributed by atoms with Crippen LogP contribution in [0.25, 0.3) is 0 Å². The van der Waals surface area contributed by atoms with E-state index in [2.05, 4.69) is 20.9 Å². The van der Waals surface area contributed by atoms with E-state index in [0.717, 1.165) is 11.1 Å². The van der Waals surface area contributed by atoms with Crippen LogP contribution in [0.5, 0.6) is 5.75 Å². The van der Waals surface area contributed by atoms with Crippen molar-refractivity contribution in [3.05, 3.63) is 65.2 Å². The van der Waals surface area contributed by atoms with Crippen LogP contribution in [0.2, 0.25) is 0 Å². The van der Waals surface area contributed by atoms with Gasteiger partial charge in [0.25, 0.3) is 0 Å². The summed E-state index contributed by atoms with van der Waals surface area (Å²) in [6.07, 6.45) is -4.16. The summed E-state index contributed by atoms with van der Waals surface area (Å²) < 4.78 is 42.4. The van der Waals surface area contributed by atoms with Crippen LogP contribution in [0.4, 0.5) is 13.2 Å². The van der Waals surface area contributed by atoms with Crippen molar-refractivity contribution in [2.45, 2.75) is 32.6 Å². The fourth-order valence-corrected chi connectivity index (χ4v) is 2.68. The molecular formula is C22H28F3IN4O2. The number of halogens is 4. The van der Waals surface area contributed by atoms with E-state index in [1.54, 1.807) is 32.2 Å². The molecule has 2 rings (SSSR count). The summed E-state index contributed by atoms with van der Waals surface area (Å²) in [5.74, 6) is 0.493. The highest BCUT2D eigenvalue weighted by molar-refractivity contribution is 14.0. The number of carbonyl (C=O) groups is 1. The van der Waals surface area contributed by atoms with Gasteiger partial charge in [0.2, 0.25) is 5.91 Å². The molecular weight excluding hydrogens is 536 g/mol. The van der Waals surface area contributed by atoms with Crippen LogP contribution in [-0.4, -0.2) is 38.2 Å². The number of ether oxygens (including phenoxy) is 1. The van der Waals surface area contributed by atoms with Gasteiger partial charge >= 0.3 is 6.18 Å². The molecule has 0 unspecified atom stereocenters. The molecule has 10 heteroatoms. The topological polar surface area (TPSA) is 74.8 Å². The van der Waals surface area contributed by atoms with E-state index in [-0.39, 0.29) is 48.6 Å². The number of aliphatic imine (C=N–C) groups is 1. The van der Waals surface area contributed by atoms with Crippen LogP contribution in [0.15, 0.2) is 53.5 Å². The van der Waals surface area contributed by atoms with Gasteiger partial charge in [0.05, 0.1) is 0 Å². The van der Waals surface area contributed by atoms with Gasteiger partial charge in [-0.15, -0.1) is 24.0 Å². The van der Waals surface area contributed by atoms with Gasteiger partial charge in [-0.3, -0.25) is 9.79 Å². The minimum atomic E-state index is -4.41. The number of guanidine groups is 1. The molecule has 0 fully saturated rings. The zero-order chi connectivity index (χ0) is 22.7. The van der Waals surface area contributed by atoms with Crippen LogP contribution in [0.1, 0.15) is 23.1 Å². The summed E-state index contributed by atoms with van der Waals surface area (Å²) in [5, 5.41) is 8.87. The lowest BCUT2D eigenvalue weighted by Crippen LogP contribution is -2.39. The lowest BCUT2D eigenvalue weighted by molar-refractivity contribution is -0.153. The average Bonchev–Trinajstić information content (AvgIpc) is 2.74. The number of nitrogens with zero attached hydrogens (tertiary/aromatic N) is 1. The first-order chi connectivity index (χ1) is 14.8. The first-order valence-electron chi connectivity index (χ1n) is 9.81. The normalized spacial score (nSPS) is 11.3. The number of hydrogen-bond acceptors (Lipinski definition) is 3. The lowest BCUT2D eigenvalue weighted by atomic mass is 10.1. The quantitative estimate of drug-likeness (QED) is 0.245. The molecule has 176 valence electrons. The third kappa shape index (κ3) is 10.7. The molecule has 0 saturated carbocycles. The Kier molecular flexibility index (Phi) is 11.9. The largest absolute Gasteiger partial charge is 0.484 e. The summed E-state index contributed by atoms with van der Waals surface area (Å²) in [4.78, 5) is 16.0. The van der Waals surface area contributed by atoms with E-state index in [1.165, 1.54) is 0 Å². The Morgan fingerprint density at radius 1 is 1.03 bits per heavy atom. The number of amides is 1. The van der Waals surface area contributed by atoms with Crippen LogP contribution in [-0.2, 0) is 17.9 Å². The third-order valence-corrected chi connectivity index (χ3v) is 4.26. The molecule has 0 aliphatic carbocycles. The molecule has 0 aromatic heterocycles. The number of rotatable bonds is 9. The van der Waals surface area contributed by atoms with Gasteiger partial charge in [-0.2, -0.15) is 13.2 Å². The van der Waals surface area contributed by atoms with Crippen LogP contribution >= 0.6 is 24.0 Å². The molecule has 0 saturated heterocycles. The van der Waals surface area contributed by atoms with Gasteiger partial charge in [-0.25, -0.2) is 0 Å². The molecule has 0 bridgehead atoms. The van der Waals surface area contributed by atoms with E-state index in [1.807, 2.05) is 30.3 Å². The minimum absolute atomic E-state index is 0. The number of benzene rings is 2. The molecule has 0 heterocycles. The molecule has 1 amide bonds. The average molecular weight is 564 g/mol. The van der Waals surface area contributed by atoms with E-state index in [0.29, 0.717) is 24.6 Å². The highest BCUT2D eigenvalue weighted by atomic mass is 127. The smallest absolute Gasteiger partial charge is 0.422 e. The van der Waals surface area contributed by atoms with E-state index < -0.39 is 12.8 Å². The van der Waals surface area contributed by atoms with Gasteiger partial charge in [0, 0.05) is 38.7 Å². The zero-order valence-corrected chi connectivity index (χ0v) is 20.3. The van der Waals surface area contributed by atoms with Gasteiger partial charge in [0.1, 0.15) is 5.75 Å². The molecule has 0 spiro atoms. The van der Waals surface area contributed by atoms with Gasteiger partial charge in [-0.1, -0.05) is 42.5 Å². The van der Waals surface area contributed by atoms with Crippen molar-refractivity contribution >= 4 is 35.8 Å². The van der Waals surface area contributed by atoms with Crippen molar-refractivity contribution in [3.8, 4) is 5.75 Å². The number of carbonyl (C=O) groups excluding carboxylic acids is 1. The maximum absolute atomic E-state index is 12.5. The van der Waals surface area contributed by atoms with Crippen LogP contribution < -0.4 is 20.7 Å². The molecule has 6 nitrogen and oxygen atoms in total. The Morgan fingerprint density at radius 2 is 1.75 bits per heavy atom. The highest BCUT2D eigenvalue weighted by Gasteiger charge is 2.28. The summed E-state index contributed by atoms with van der Waals surface area (Å²) in [6, 6.07) is 14.7. The molecule has 2 aromatic carbocycles. The Balaban J connectivity index is 0.00000512. The highest BCUT2D eigenvalue weighted by Crippen LogP contribution is 2.23. The summed E-state index contributed by atoms with van der Waals surface area (Å²) in [7, 11) is 1.57. The zero-order valence-electron chi connectivity index (χ0n) is 18.0. The number of hydrogen-bond donors (Lipinski definition) is 3. The lowest BCUT2D eigenvalue weighted by Gasteiger charge is -2.16. The van der Waals surface area contributed by atoms with Gasteiger partial charge in [0.15, 0.2) is 12.6 Å². The van der Waals surface area contributed by atoms with E-state index in [9.17, 15) is 18.0 Å². The second-order valence-electron chi connectivity index (χ2n) is 6.88. The molecule has 0 radical (unpaired) electrons. The predicted octanol–water partition coefficient (Wildman–Crippen LogP) is 3.93. The van der Waals surface area contributed by atoms with E-state index in [4.69, 9.17) is 4.74 Å². The van der Waals surface area contributed by atoms with Crippen LogP contribution in [0.3, 0.4) is 0 Å². The third-order valence-electron chi connectivity index (χ3n) is 4.26. The summed E-state index contributed by atoms with van der Waals surface area (Å²) in [6.45, 7) is 1.45. The Bertz CT molecular complexity index is 877. The van der Waals surface area contributed by atoms with Crippen molar-refractivity contribution < 1.29 is 22.7 Å². The molecule has 0 aliphatic heterocycles. The number of alkyl halides is 3. The monoisotopic (exact) mass is 564 g/mol. The first-order valence-corrected chi connectivity index (χ1v) is 9.81. The fraction of sp³-hybridized carbons (Fsp3) is 0.364. The first kappa shape index (κ1) is 27.5. The van der Waals surface area contributed by atoms with E-state index >= 15 is 0 Å². The number of aryl methyl sites for hydroxylation is 1. The maximum atomic E-state index is 12.5. The minimum Gasteiger partial charge on any atom is -0.484 e. The second kappa shape index (κ2) is 13.8. The molecule has 0 aliphatic rings. The van der Waals surface area contributed by atoms with Crippen molar-refractivity contribution in [3.63, 3.8) is 0 Å². The van der Waals surface area contributed by atoms with Crippen molar-refractivity contribution in [1.29, 1.82) is 0 Å². The van der Waals surface area contributed by atoms with Crippen molar-refractivity contribution in [2.24, 2.45) is 4.99 Å². The standard InChI is InChI=1S/C22H27F3N4O2.HI/c1-16-8-9-18(19(12-16)31-15-22(23,24)25)14-29-21(26-2)27-11-10-20(30)28-13-17-6-4-3-5-7-17;/h3-9,12H,10-11,13-15H2,1-2H3,(H,28,30)(H2,26,27,29);1H. The van der Waals surface area contributed by atoms with Crippen LogP contribution in [0, 0.1) is 6.92 Å². The summed E-state index contributed by atoms with van der Waals surface area (Å²) >= 11 is 0. The van der Waals surface area contributed by atoms with Gasteiger partial charge in [-0.05, 0) is 24.1 Å². The molecule has 3 N–H and O–H groups in total. The molecule has 2 aromatic rings.